The Hall–Kier alpha value is -0.610. The Morgan fingerprint density at radius 3 is 2.60 bits per heavy atom. The lowest BCUT2D eigenvalue weighted by atomic mass is 9.83. The summed E-state index contributed by atoms with van der Waals surface area (Å²) < 4.78 is 4.71. The van der Waals surface area contributed by atoms with Crippen molar-refractivity contribution < 1.29 is 9.53 Å². The van der Waals surface area contributed by atoms with Gasteiger partial charge in [-0.15, -0.1) is 0 Å². The third-order valence-corrected chi connectivity index (χ3v) is 5.12. The van der Waals surface area contributed by atoms with Gasteiger partial charge in [0, 0.05) is 38.8 Å². The van der Waals surface area contributed by atoms with E-state index in [0.29, 0.717) is 6.42 Å². The van der Waals surface area contributed by atoms with Gasteiger partial charge in [-0.1, -0.05) is 26.2 Å². The summed E-state index contributed by atoms with van der Waals surface area (Å²) in [5, 5.41) is 0. The summed E-state index contributed by atoms with van der Waals surface area (Å²) in [6.45, 7) is 7.72. The first-order valence-electron chi connectivity index (χ1n) is 8.26. The number of ether oxygens (including phenoxy) is 1. The van der Waals surface area contributed by atoms with Crippen LogP contribution in [0.3, 0.4) is 0 Å². The van der Waals surface area contributed by atoms with E-state index >= 15 is 0 Å². The molecule has 4 heteroatoms. The summed E-state index contributed by atoms with van der Waals surface area (Å²) in [6.07, 6.45) is 7.50. The van der Waals surface area contributed by atoms with E-state index in [9.17, 15) is 4.79 Å². The minimum absolute atomic E-state index is 0.0921. The summed E-state index contributed by atoms with van der Waals surface area (Å²) in [5.74, 6) is 0.858. The van der Waals surface area contributed by atoms with Crippen molar-refractivity contribution in [1.29, 1.82) is 0 Å². The van der Waals surface area contributed by atoms with Crippen LogP contribution in [-0.4, -0.2) is 61.6 Å². The molecule has 2 atom stereocenters. The van der Waals surface area contributed by atoms with Crippen molar-refractivity contribution in [2.75, 3.05) is 39.8 Å². The monoisotopic (exact) mass is 282 g/mol. The lowest BCUT2D eigenvalue weighted by Gasteiger charge is -2.42. The maximum absolute atomic E-state index is 11.2. The first kappa shape index (κ1) is 15.8. The molecule has 1 aliphatic heterocycles. The van der Waals surface area contributed by atoms with Gasteiger partial charge in [0.2, 0.25) is 0 Å². The van der Waals surface area contributed by atoms with Gasteiger partial charge in [0.1, 0.15) is 0 Å². The molecule has 1 saturated heterocycles. The zero-order valence-corrected chi connectivity index (χ0v) is 13.1. The highest BCUT2D eigenvalue weighted by Crippen LogP contribution is 2.30. The molecule has 0 bridgehead atoms. The molecular formula is C16H30N2O2. The molecule has 0 aromatic heterocycles. The molecular weight excluding hydrogens is 252 g/mol. The minimum atomic E-state index is -0.0921. The second-order valence-corrected chi connectivity index (χ2v) is 6.30. The highest BCUT2D eigenvalue weighted by Gasteiger charge is 2.28. The SMILES string of the molecule is CCC1CCCC(N2CCN(CCC(=O)OC)CC2)C1. The van der Waals surface area contributed by atoms with Crippen molar-refractivity contribution >= 4 is 5.97 Å². The first-order valence-corrected chi connectivity index (χ1v) is 8.26. The highest BCUT2D eigenvalue weighted by molar-refractivity contribution is 5.69. The van der Waals surface area contributed by atoms with Crippen molar-refractivity contribution in [3.8, 4) is 0 Å². The number of carbonyl (C=O) groups excluding carboxylic acids is 1. The zero-order chi connectivity index (χ0) is 14.4. The van der Waals surface area contributed by atoms with Gasteiger partial charge in [-0.3, -0.25) is 9.69 Å². The largest absolute Gasteiger partial charge is 0.469 e. The molecule has 0 N–H and O–H groups in total. The van der Waals surface area contributed by atoms with Crippen molar-refractivity contribution in [2.24, 2.45) is 5.92 Å². The molecule has 2 aliphatic rings. The smallest absolute Gasteiger partial charge is 0.306 e. The Bertz CT molecular complexity index is 301. The van der Waals surface area contributed by atoms with Crippen LogP contribution in [0.4, 0.5) is 0 Å². The lowest BCUT2D eigenvalue weighted by molar-refractivity contribution is -0.141. The molecule has 0 aromatic rings. The van der Waals surface area contributed by atoms with Gasteiger partial charge in [-0.05, 0) is 18.8 Å². The van der Waals surface area contributed by atoms with Gasteiger partial charge in [0.15, 0.2) is 0 Å². The maximum Gasteiger partial charge on any atom is 0.306 e. The van der Waals surface area contributed by atoms with Crippen molar-refractivity contribution in [3.05, 3.63) is 0 Å². The molecule has 0 amide bonds. The Balaban J connectivity index is 1.69. The standard InChI is InChI=1S/C16H30N2O2/c1-3-14-5-4-6-15(13-14)18-11-9-17(10-12-18)8-7-16(19)20-2/h14-15H,3-13H2,1-2H3. The van der Waals surface area contributed by atoms with Crippen molar-refractivity contribution in [2.45, 2.75) is 51.5 Å². The number of piperazine rings is 1. The summed E-state index contributed by atoms with van der Waals surface area (Å²) >= 11 is 0. The Labute approximate surface area is 123 Å². The van der Waals surface area contributed by atoms with Crippen LogP contribution >= 0.6 is 0 Å². The predicted molar refractivity (Wildman–Crippen MR) is 80.7 cm³/mol. The topological polar surface area (TPSA) is 32.8 Å². The van der Waals surface area contributed by atoms with Crippen LogP contribution in [0.1, 0.15) is 45.4 Å². The molecule has 0 aromatic carbocycles. The fourth-order valence-corrected chi connectivity index (χ4v) is 3.67. The zero-order valence-electron chi connectivity index (χ0n) is 13.1. The quantitative estimate of drug-likeness (QED) is 0.723. The summed E-state index contributed by atoms with van der Waals surface area (Å²) in [4.78, 5) is 16.3. The van der Waals surface area contributed by atoms with Gasteiger partial charge in [-0.25, -0.2) is 0 Å². The van der Waals surface area contributed by atoms with E-state index in [4.69, 9.17) is 4.74 Å². The number of carbonyl (C=O) groups is 1. The van der Waals surface area contributed by atoms with Gasteiger partial charge in [0.05, 0.1) is 13.5 Å². The van der Waals surface area contributed by atoms with Gasteiger partial charge < -0.3 is 9.64 Å². The van der Waals surface area contributed by atoms with Gasteiger partial charge >= 0.3 is 5.97 Å². The van der Waals surface area contributed by atoms with E-state index < -0.39 is 0 Å². The Kier molecular flexibility index (Phi) is 6.30. The number of esters is 1. The molecule has 1 heterocycles. The summed E-state index contributed by atoms with van der Waals surface area (Å²) in [6, 6.07) is 0.816. The van der Waals surface area contributed by atoms with Crippen LogP contribution in [0, 0.1) is 5.92 Å². The van der Waals surface area contributed by atoms with E-state index in [0.717, 1.165) is 31.6 Å². The third kappa shape index (κ3) is 4.45. The molecule has 1 saturated carbocycles. The molecule has 2 fully saturated rings. The molecule has 0 radical (unpaired) electrons. The van der Waals surface area contributed by atoms with Crippen LogP contribution in [0.25, 0.3) is 0 Å². The van der Waals surface area contributed by atoms with E-state index in [1.807, 2.05) is 0 Å². The number of hydrogen-bond acceptors (Lipinski definition) is 4. The maximum atomic E-state index is 11.2. The molecule has 0 spiro atoms. The van der Waals surface area contributed by atoms with Crippen molar-refractivity contribution in [3.63, 3.8) is 0 Å². The minimum Gasteiger partial charge on any atom is -0.469 e. The number of rotatable bonds is 5. The van der Waals surface area contributed by atoms with Crippen LogP contribution < -0.4 is 0 Å². The fourth-order valence-electron chi connectivity index (χ4n) is 3.67. The average Bonchev–Trinajstić information content (AvgIpc) is 2.53. The number of nitrogens with zero attached hydrogens (tertiary/aromatic N) is 2. The van der Waals surface area contributed by atoms with Gasteiger partial charge in [0.25, 0.3) is 0 Å². The molecule has 2 rings (SSSR count). The third-order valence-electron chi connectivity index (χ3n) is 5.12. The number of methoxy groups -OCH3 is 1. The van der Waals surface area contributed by atoms with E-state index in [-0.39, 0.29) is 5.97 Å². The van der Waals surface area contributed by atoms with E-state index in [1.165, 1.54) is 52.3 Å². The van der Waals surface area contributed by atoms with Crippen molar-refractivity contribution in [1.82, 2.24) is 9.80 Å². The lowest BCUT2D eigenvalue weighted by Crippen LogP contribution is -2.51. The predicted octanol–water partition coefficient (Wildman–Crippen LogP) is 2.14. The summed E-state index contributed by atoms with van der Waals surface area (Å²) in [5.41, 5.74) is 0. The molecule has 4 nitrogen and oxygen atoms in total. The first-order chi connectivity index (χ1) is 9.72. The van der Waals surface area contributed by atoms with Gasteiger partial charge in [-0.2, -0.15) is 0 Å². The number of hydrogen-bond donors (Lipinski definition) is 0. The molecule has 20 heavy (non-hydrogen) atoms. The van der Waals surface area contributed by atoms with E-state index in [2.05, 4.69) is 16.7 Å². The normalized spacial score (nSPS) is 29.3. The van der Waals surface area contributed by atoms with Crippen LogP contribution in [0.15, 0.2) is 0 Å². The van der Waals surface area contributed by atoms with Crippen LogP contribution in [-0.2, 0) is 9.53 Å². The fraction of sp³-hybridized carbons (Fsp3) is 0.938. The molecule has 1 aliphatic carbocycles. The highest BCUT2D eigenvalue weighted by atomic mass is 16.5. The summed E-state index contributed by atoms with van der Waals surface area (Å²) in [7, 11) is 1.47. The average molecular weight is 282 g/mol. The second-order valence-electron chi connectivity index (χ2n) is 6.30. The molecule has 2 unspecified atom stereocenters. The Morgan fingerprint density at radius 2 is 1.95 bits per heavy atom. The van der Waals surface area contributed by atoms with Crippen LogP contribution in [0.5, 0.6) is 0 Å². The molecule has 116 valence electrons. The van der Waals surface area contributed by atoms with Crippen LogP contribution in [0.2, 0.25) is 0 Å². The second kappa shape index (κ2) is 7.99. The Morgan fingerprint density at radius 1 is 1.20 bits per heavy atom. The van der Waals surface area contributed by atoms with E-state index in [1.54, 1.807) is 0 Å².